The third-order valence-electron chi connectivity index (χ3n) is 9.28. The highest BCUT2D eigenvalue weighted by atomic mass is 19.1. The number of aromatic hydroxyl groups is 1. The molecule has 2 saturated heterocycles. The van der Waals surface area contributed by atoms with Gasteiger partial charge in [0, 0.05) is 56.6 Å². The van der Waals surface area contributed by atoms with E-state index in [-0.39, 0.29) is 23.8 Å². The number of nitrogens with zero attached hydrogens (tertiary/aromatic N) is 4. The van der Waals surface area contributed by atoms with Crippen molar-refractivity contribution in [3.05, 3.63) is 63.1 Å². The second kappa shape index (κ2) is 11.6. The van der Waals surface area contributed by atoms with Crippen molar-refractivity contribution in [2.75, 3.05) is 45.9 Å². The predicted molar refractivity (Wildman–Crippen MR) is 145 cm³/mol. The summed E-state index contributed by atoms with van der Waals surface area (Å²) in [5, 5.41) is 11.0. The second-order valence-corrected chi connectivity index (χ2v) is 11.7. The zero-order valence-corrected chi connectivity index (χ0v) is 22.9. The third kappa shape index (κ3) is 5.29. The molecule has 3 aliphatic heterocycles. The number of hydrogen-bond donors (Lipinski definition) is 1. The summed E-state index contributed by atoms with van der Waals surface area (Å²) in [6, 6.07) is 3.63. The molecule has 1 aromatic carbocycles. The van der Waals surface area contributed by atoms with Crippen LogP contribution in [-0.2, 0) is 24.1 Å². The van der Waals surface area contributed by atoms with Crippen LogP contribution in [0.3, 0.4) is 0 Å². The van der Waals surface area contributed by atoms with Crippen LogP contribution in [0.15, 0.2) is 29.2 Å². The lowest BCUT2D eigenvalue weighted by Gasteiger charge is -2.55. The van der Waals surface area contributed by atoms with Gasteiger partial charge in [-0.3, -0.25) is 19.4 Å². The van der Waals surface area contributed by atoms with Gasteiger partial charge < -0.3 is 19.3 Å². The quantitative estimate of drug-likeness (QED) is 0.565. The lowest BCUT2D eigenvalue weighted by molar-refractivity contribution is -0.0775. The van der Waals surface area contributed by atoms with Gasteiger partial charge in [-0.15, -0.1) is 0 Å². The van der Waals surface area contributed by atoms with Crippen LogP contribution in [0.2, 0.25) is 0 Å². The fourth-order valence-electron chi connectivity index (χ4n) is 7.16. The maximum atomic E-state index is 14.1. The van der Waals surface area contributed by atoms with Crippen molar-refractivity contribution in [2.45, 2.75) is 63.7 Å². The Hall–Kier alpha value is -2.82. The average molecular weight is 557 g/mol. The number of aryl methyl sites for hydroxylation is 2. The van der Waals surface area contributed by atoms with Crippen molar-refractivity contribution in [2.24, 2.45) is 5.92 Å². The van der Waals surface area contributed by atoms with E-state index in [1.165, 1.54) is 12.1 Å². The van der Waals surface area contributed by atoms with Gasteiger partial charge in [-0.05, 0) is 49.7 Å². The summed E-state index contributed by atoms with van der Waals surface area (Å²) in [5.74, 6) is -1.60. The lowest BCUT2D eigenvalue weighted by Crippen LogP contribution is -2.68. The van der Waals surface area contributed by atoms with Gasteiger partial charge in [0.15, 0.2) is 11.4 Å². The molecule has 3 atom stereocenters. The fraction of sp³-hybridized carbons (Fsp3) is 0.600. The molecule has 40 heavy (non-hydrogen) atoms. The van der Waals surface area contributed by atoms with Crippen molar-refractivity contribution in [1.29, 1.82) is 0 Å². The fourth-order valence-corrected chi connectivity index (χ4v) is 7.16. The number of ether oxygens (including phenoxy) is 1. The van der Waals surface area contributed by atoms with Gasteiger partial charge in [-0.1, -0.05) is 18.9 Å². The Labute approximate surface area is 233 Å². The Kier molecular flexibility index (Phi) is 7.92. The van der Waals surface area contributed by atoms with E-state index in [1.807, 2.05) is 4.90 Å². The van der Waals surface area contributed by atoms with Crippen molar-refractivity contribution in [3.8, 4) is 5.75 Å². The number of fused-ring (bicyclic) bond motifs is 4. The number of morpholine rings is 1. The maximum Gasteiger partial charge on any atom is 0.276 e. The normalized spacial score (nSPS) is 25.4. The Bertz CT molecular complexity index is 1310. The molecular formula is C30H38F2N4O4. The van der Waals surface area contributed by atoms with E-state index in [1.54, 1.807) is 10.8 Å². The summed E-state index contributed by atoms with van der Waals surface area (Å²) < 4.78 is 34.6. The molecule has 4 heterocycles. The van der Waals surface area contributed by atoms with Gasteiger partial charge in [0.25, 0.3) is 5.91 Å². The zero-order chi connectivity index (χ0) is 27.8. The molecule has 0 spiro atoms. The van der Waals surface area contributed by atoms with Crippen LogP contribution in [0.4, 0.5) is 8.78 Å². The third-order valence-corrected chi connectivity index (χ3v) is 9.28. The molecule has 0 radical (unpaired) electrons. The summed E-state index contributed by atoms with van der Waals surface area (Å²) in [6.45, 7) is 6.50. The lowest BCUT2D eigenvalue weighted by atomic mass is 9.80. The molecule has 10 heteroatoms. The van der Waals surface area contributed by atoms with Crippen molar-refractivity contribution in [1.82, 2.24) is 19.3 Å². The Morgan fingerprint density at radius 3 is 2.55 bits per heavy atom. The predicted octanol–water partition coefficient (Wildman–Crippen LogP) is 3.00. The molecule has 8 nitrogen and oxygen atoms in total. The Morgan fingerprint density at radius 2 is 1.75 bits per heavy atom. The second-order valence-electron chi connectivity index (χ2n) is 11.7. The van der Waals surface area contributed by atoms with E-state index in [2.05, 4.69) is 9.80 Å². The van der Waals surface area contributed by atoms with Gasteiger partial charge in [0.1, 0.15) is 17.8 Å². The first-order valence-electron chi connectivity index (χ1n) is 14.7. The molecule has 1 aromatic heterocycles. The van der Waals surface area contributed by atoms with E-state index in [4.69, 9.17) is 4.74 Å². The number of benzene rings is 1. The summed E-state index contributed by atoms with van der Waals surface area (Å²) in [5.41, 5.74) is 0.318. The number of rotatable bonds is 7. The molecule has 1 aliphatic carbocycles. The summed E-state index contributed by atoms with van der Waals surface area (Å²) in [4.78, 5) is 33.9. The van der Waals surface area contributed by atoms with Crippen LogP contribution < -0.4 is 5.43 Å². The molecule has 0 unspecified atom stereocenters. The van der Waals surface area contributed by atoms with Crippen LogP contribution in [0, 0.1) is 17.6 Å². The molecule has 4 aliphatic rings. The first kappa shape index (κ1) is 27.4. The summed E-state index contributed by atoms with van der Waals surface area (Å²) in [7, 11) is 0. The Morgan fingerprint density at radius 1 is 0.975 bits per heavy atom. The van der Waals surface area contributed by atoms with E-state index >= 15 is 0 Å². The van der Waals surface area contributed by atoms with Crippen LogP contribution in [0.5, 0.6) is 5.75 Å². The molecule has 6 rings (SSSR count). The summed E-state index contributed by atoms with van der Waals surface area (Å²) >= 11 is 0. The SMILES string of the molecule is O=C1c2c(O)c(=O)c(CCCc3ccc(F)cc3F)cn2C[C@H]2N(CCN3CCOCC3)C[C@@H]3CCCC[C@@H]3N12. The van der Waals surface area contributed by atoms with Crippen LogP contribution in [0.1, 0.15) is 53.7 Å². The van der Waals surface area contributed by atoms with Crippen molar-refractivity contribution >= 4 is 5.91 Å². The Balaban J connectivity index is 1.24. The number of halogens is 2. The van der Waals surface area contributed by atoms with E-state index in [0.717, 1.165) is 77.7 Å². The molecule has 1 amide bonds. The number of carbonyl (C=O) groups excluding carboxylic acids is 1. The smallest absolute Gasteiger partial charge is 0.276 e. The molecule has 2 aromatic rings. The minimum atomic E-state index is -0.626. The van der Waals surface area contributed by atoms with Crippen molar-refractivity contribution < 1.29 is 23.4 Å². The molecule has 1 N–H and O–H groups in total. The monoisotopic (exact) mass is 556 g/mol. The molecular weight excluding hydrogens is 518 g/mol. The zero-order valence-electron chi connectivity index (χ0n) is 22.9. The highest BCUT2D eigenvalue weighted by molar-refractivity contribution is 5.96. The van der Waals surface area contributed by atoms with Gasteiger partial charge in [-0.2, -0.15) is 0 Å². The number of hydrogen-bond acceptors (Lipinski definition) is 6. The molecule has 0 bridgehead atoms. The highest BCUT2D eigenvalue weighted by Gasteiger charge is 2.48. The maximum absolute atomic E-state index is 14.1. The highest BCUT2D eigenvalue weighted by Crippen LogP contribution is 2.39. The first-order valence-corrected chi connectivity index (χ1v) is 14.7. The minimum absolute atomic E-state index is 0.0777. The molecule has 3 fully saturated rings. The van der Waals surface area contributed by atoms with Crippen LogP contribution in [0.25, 0.3) is 0 Å². The van der Waals surface area contributed by atoms with E-state index < -0.39 is 22.8 Å². The van der Waals surface area contributed by atoms with Crippen LogP contribution >= 0.6 is 0 Å². The molecule has 216 valence electrons. The number of carbonyl (C=O) groups is 1. The number of pyridine rings is 1. The number of amides is 1. The minimum Gasteiger partial charge on any atom is -0.503 e. The van der Waals surface area contributed by atoms with Gasteiger partial charge in [-0.25, -0.2) is 8.78 Å². The summed E-state index contributed by atoms with van der Waals surface area (Å²) in [6.07, 6.45) is 6.96. The standard InChI is InChI=1S/C30H38F2N4O4/c31-23-9-8-20(24(32)16-23)5-3-6-22-18-35-19-26-34(11-10-33-12-14-40-15-13-33)17-21-4-1-2-7-25(21)36(26)30(39)27(35)29(38)28(22)37/h8-9,16,18,21,25-26,38H,1-7,10-15,17,19H2/t21-,25-,26-/m0/s1. The largest absolute Gasteiger partial charge is 0.503 e. The van der Waals surface area contributed by atoms with Gasteiger partial charge >= 0.3 is 0 Å². The average Bonchev–Trinajstić information content (AvgIpc) is 2.95. The molecule has 1 saturated carbocycles. The van der Waals surface area contributed by atoms with Crippen molar-refractivity contribution in [3.63, 3.8) is 0 Å². The topological polar surface area (TPSA) is 78.2 Å². The number of aromatic nitrogens is 1. The van der Waals surface area contributed by atoms with Gasteiger partial charge in [0.2, 0.25) is 5.43 Å². The van der Waals surface area contributed by atoms with E-state index in [9.17, 15) is 23.5 Å². The van der Waals surface area contributed by atoms with Crippen LogP contribution in [-0.4, -0.2) is 88.4 Å². The van der Waals surface area contributed by atoms with E-state index in [0.29, 0.717) is 42.9 Å². The van der Waals surface area contributed by atoms with Gasteiger partial charge in [0.05, 0.1) is 19.8 Å². The first-order chi connectivity index (χ1) is 19.4.